The molecule has 0 spiro atoms. The van der Waals surface area contributed by atoms with E-state index in [4.69, 9.17) is 0 Å². The molecule has 1 fully saturated rings. The van der Waals surface area contributed by atoms with E-state index in [-0.39, 0.29) is 0 Å². The van der Waals surface area contributed by atoms with Gasteiger partial charge in [-0.3, -0.25) is 9.80 Å². The largest absolute Gasteiger partial charge is 0.298 e. The summed E-state index contributed by atoms with van der Waals surface area (Å²) >= 11 is 0. The number of rotatable bonds is 4. The van der Waals surface area contributed by atoms with Crippen molar-refractivity contribution in [3.05, 3.63) is 77.4 Å². The summed E-state index contributed by atoms with van der Waals surface area (Å²) in [6, 6.07) is 20.3. The Morgan fingerprint density at radius 3 is 2.36 bits per heavy atom. The van der Waals surface area contributed by atoms with Crippen molar-refractivity contribution >= 4 is 6.08 Å². The molecule has 1 aliphatic heterocycles. The number of hydrogen-bond acceptors (Lipinski definition) is 2. The van der Waals surface area contributed by atoms with Crippen LogP contribution in [0, 0.1) is 0 Å². The molecule has 0 N–H and O–H groups in total. The highest BCUT2D eigenvalue weighted by Crippen LogP contribution is 2.25. The van der Waals surface area contributed by atoms with Gasteiger partial charge in [0.1, 0.15) is 0 Å². The minimum Gasteiger partial charge on any atom is -0.298 e. The normalized spacial score (nSPS) is 22.2. The smallest absolute Gasteiger partial charge is 0.0167 e. The summed E-state index contributed by atoms with van der Waals surface area (Å²) in [5.41, 5.74) is 4.44. The Bertz CT molecular complexity index is 699. The van der Waals surface area contributed by atoms with E-state index in [0.717, 1.165) is 12.6 Å². The summed E-state index contributed by atoms with van der Waals surface area (Å²) in [6.45, 7) is 5.88. The molecule has 1 heterocycles. The molecule has 25 heavy (non-hydrogen) atoms. The molecule has 4 rings (SSSR count). The average molecular weight is 332 g/mol. The molecule has 2 aliphatic rings. The van der Waals surface area contributed by atoms with Gasteiger partial charge in [-0.15, -0.1) is 0 Å². The lowest BCUT2D eigenvalue weighted by Gasteiger charge is -2.41. The molecule has 2 nitrogen and oxygen atoms in total. The van der Waals surface area contributed by atoms with Crippen LogP contribution in [0.3, 0.4) is 0 Å². The van der Waals surface area contributed by atoms with Crippen LogP contribution in [-0.2, 0) is 12.8 Å². The van der Waals surface area contributed by atoms with Gasteiger partial charge in [0.2, 0.25) is 0 Å². The zero-order chi connectivity index (χ0) is 16.9. The van der Waals surface area contributed by atoms with Crippen molar-refractivity contribution in [2.45, 2.75) is 25.3 Å². The van der Waals surface area contributed by atoms with Gasteiger partial charge in [0.05, 0.1) is 0 Å². The number of nitrogens with zero attached hydrogens (tertiary/aromatic N) is 2. The molecular formula is C23H28N2. The molecule has 0 amide bonds. The molecule has 0 aromatic heterocycles. The van der Waals surface area contributed by atoms with E-state index in [1.54, 1.807) is 11.1 Å². The van der Waals surface area contributed by atoms with Crippen molar-refractivity contribution in [1.29, 1.82) is 0 Å². The van der Waals surface area contributed by atoms with Crippen LogP contribution in [0.4, 0.5) is 0 Å². The van der Waals surface area contributed by atoms with Crippen molar-refractivity contribution in [3.8, 4) is 0 Å². The van der Waals surface area contributed by atoms with Crippen LogP contribution < -0.4 is 0 Å². The zero-order valence-electron chi connectivity index (χ0n) is 15.0. The first-order valence-corrected chi connectivity index (χ1v) is 9.63. The Hall–Kier alpha value is -1.90. The fraction of sp³-hybridized carbons (Fsp3) is 0.391. The van der Waals surface area contributed by atoms with Crippen LogP contribution in [0.1, 0.15) is 23.1 Å². The Kier molecular flexibility index (Phi) is 5.29. The third kappa shape index (κ3) is 4.20. The Morgan fingerprint density at radius 1 is 0.840 bits per heavy atom. The summed E-state index contributed by atoms with van der Waals surface area (Å²) in [6.07, 6.45) is 8.36. The molecule has 0 bridgehead atoms. The summed E-state index contributed by atoms with van der Waals surface area (Å²) in [4.78, 5) is 5.31. The Balaban J connectivity index is 1.26. The molecule has 1 aliphatic carbocycles. The predicted octanol–water partition coefficient (Wildman–Crippen LogP) is 3.87. The SMILES string of the molecule is C(=C\c1ccccc1)/CN1CCN([C@H]2CCc3ccccc3C2)CC1. The molecule has 0 radical (unpaired) electrons. The maximum Gasteiger partial charge on any atom is 0.0167 e. The van der Waals surface area contributed by atoms with Crippen molar-refractivity contribution < 1.29 is 0 Å². The van der Waals surface area contributed by atoms with Crippen molar-refractivity contribution in [2.75, 3.05) is 32.7 Å². The molecule has 130 valence electrons. The minimum absolute atomic E-state index is 0.747. The van der Waals surface area contributed by atoms with Gasteiger partial charge in [0, 0.05) is 38.8 Å². The van der Waals surface area contributed by atoms with Crippen LogP contribution in [0.25, 0.3) is 6.08 Å². The quantitative estimate of drug-likeness (QED) is 0.838. The van der Waals surface area contributed by atoms with E-state index >= 15 is 0 Å². The summed E-state index contributed by atoms with van der Waals surface area (Å²) in [7, 11) is 0. The van der Waals surface area contributed by atoms with Gasteiger partial charge in [0.15, 0.2) is 0 Å². The van der Waals surface area contributed by atoms with E-state index in [9.17, 15) is 0 Å². The number of benzene rings is 2. The summed E-state index contributed by atoms with van der Waals surface area (Å²) in [5.74, 6) is 0. The van der Waals surface area contributed by atoms with Gasteiger partial charge in [-0.2, -0.15) is 0 Å². The second kappa shape index (κ2) is 7.99. The number of fused-ring (bicyclic) bond motifs is 1. The maximum absolute atomic E-state index is 2.73. The van der Waals surface area contributed by atoms with E-state index in [1.165, 1.54) is 51.0 Å². The fourth-order valence-corrected chi connectivity index (χ4v) is 4.20. The summed E-state index contributed by atoms with van der Waals surface area (Å²) < 4.78 is 0. The van der Waals surface area contributed by atoms with Gasteiger partial charge in [-0.05, 0) is 36.0 Å². The molecule has 2 aromatic carbocycles. The van der Waals surface area contributed by atoms with E-state index < -0.39 is 0 Å². The second-order valence-electron chi connectivity index (χ2n) is 7.31. The molecule has 1 atom stereocenters. The van der Waals surface area contributed by atoms with Gasteiger partial charge in [0.25, 0.3) is 0 Å². The van der Waals surface area contributed by atoms with Gasteiger partial charge in [-0.25, -0.2) is 0 Å². The fourth-order valence-electron chi connectivity index (χ4n) is 4.20. The van der Waals surface area contributed by atoms with Crippen LogP contribution in [-0.4, -0.2) is 48.6 Å². The first-order chi connectivity index (χ1) is 12.4. The van der Waals surface area contributed by atoms with Gasteiger partial charge in [-0.1, -0.05) is 66.7 Å². The highest BCUT2D eigenvalue weighted by atomic mass is 15.3. The topological polar surface area (TPSA) is 6.48 Å². The van der Waals surface area contributed by atoms with Crippen LogP contribution in [0.2, 0.25) is 0 Å². The first kappa shape index (κ1) is 16.6. The van der Waals surface area contributed by atoms with Crippen LogP contribution in [0.15, 0.2) is 60.7 Å². The zero-order valence-corrected chi connectivity index (χ0v) is 15.0. The highest BCUT2D eigenvalue weighted by molar-refractivity contribution is 5.48. The third-order valence-electron chi connectivity index (χ3n) is 5.72. The summed E-state index contributed by atoms with van der Waals surface area (Å²) in [5, 5.41) is 0. The molecule has 0 saturated carbocycles. The standard InChI is InChI=1S/C23H28N2/c1-2-7-20(8-3-1)9-6-14-24-15-17-25(18-16-24)23-13-12-21-10-4-5-11-22(21)19-23/h1-11,23H,12-19H2/b9-6+/t23-/m0/s1. The lowest BCUT2D eigenvalue weighted by atomic mass is 9.87. The van der Waals surface area contributed by atoms with Gasteiger partial charge < -0.3 is 0 Å². The van der Waals surface area contributed by atoms with E-state index in [2.05, 4.69) is 76.5 Å². The Labute approximate surface area is 151 Å². The third-order valence-corrected chi connectivity index (χ3v) is 5.72. The molecule has 0 unspecified atom stereocenters. The van der Waals surface area contributed by atoms with E-state index in [0.29, 0.717) is 0 Å². The molecule has 2 heteroatoms. The van der Waals surface area contributed by atoms with Crippen molar-refractivity contribution in [1.82, 2.24) is 9.80 Å². The number of hydrogen-bond donors (Lipinski definition) is 0. The molecule has 1 saturated heterocycles. The lowest BCUT2D eigenvalue weighted by molar-refractivity contribution is 0.0961. The lowest BCUT2D eigenvalue weighted by Crippen LogP contribution is -2.51. The predicted molar refractivity (Wildman–Crippen MR) is 106 cm³/mol. The molecular weight excluding hydrogens is 304 g/mol. The molecule has 2 aromatic rings. The Morgan fingerprint density at radius 2 is 1.56 bits per heavy atom. The maximum atomic E-state index is 2.73. The minimum atomic E-state index is 0.747. The van der Waals surface area contributed by atoms with Crippen LogP contribution in [0.5, 0.6) is 0 Å². The van der Waals surface area contributed by atoms with Crippen molar-refractivity contribution in [2.24, 2.45) is 0 Å². The first-order valence-electron chi connectivity index (χ1n) is 9.63. The van der Waals surface area contributed by atoms with E-state index in [1.807, 2.05) is 0 Å². The van der Waals surface area contributed by atoms with Crippen LogP contribution >= 0.6 is 0 Å². The number of aryl methyl sites for hydroxylation is 1. The average Bonchev–Trinajstić information content (AvgIpc) is 2.69. The van der Waals surface area contributed by atoms with Gasteiger partial charge >= 0.3 is 0 Å². The number of piperazine rings is 1. The highest BCUT2D eigenvalue weighted by Gasteiger charge is 2.26. The van der Waals surface area contributed by atoms with Crippen molar-refractivity contribution in [3.63, 3.8) is 0 Å². The monoisotopic (exact) mass is 332 g/mol. The second-order valence-corrected chi connectivity index (χ2v) is 7.31.